The van der Waals surface area contributed by atoms with Crippen molar-refractivity contribution in [2.45, 2.75) is 43.5 Å². The lowest BCUT2D eigenvalue weighted by Crippen LogP contribution is -2.32. The van der Waals surface area contributed by atoms with Crippen molar-refractivity contribution in [2.24, 2.45) is 0 Å². The summed E-state index contributed by atoms with van der Waals surface area (Å²) in [6.07, 6.45) is -1.45. The highest BCUT2D eigenvalue weighted by molar-refractivity contribution is 7.92. The Kier molecular flexibility index (Phi) is 3.44. The maximum atomic E-state index is 11.9. The lowest BCUT2D eigenvalue weighted by Gasteiger charge is -2.22. The van der Waals surface area contributed by atoms with Crippen molar-refractivity contribution in [1.82, 2.24) is 0 Å². The summed E-state index contributed by atoms with van der Waals surface area (Å²) in [6.45, 7) is 0. The van der Waals surface area contributed by atoms with Gasteiger partial charge >= 0.3 is 6.18 Å². The number of halogens is 3. The summed E-state index contributed by atoms with van der Waals surface area (Å²) in [5.41, 5.74) is 0. The van der Waals surface area contributed by atoms with E-state index in [1.165, 1.54) is 0 Å². The van der Waals surface area contributed by atoms with Crippen LogP contribution in [0.3, 0.4) is 0 Å². The summed E-state index contributed by atoms with van der Waals surface area (Å²) in [5, 5.41) is -0.766. The highest BCUT2D eigenvalue weighted by Gasteiger charge is 2.39. The van der Waals surface area contributed by atoms with Gasteiger partial charge in [0, 0.05) is 0 Å². The van der Waals surface area contributed by atoms with Gasteiger partial charge in [-0.1, -0.05) is 19.3 Å². The van der Waals surface area contributed by atoms with E-state index in [9.17, 15) is 21.6 Å². The van der Waals surface area contributed by atoms with Crippen molar-refractivity contribution in [3.8, 4) is 0 Å². The summed E-state index contributed by atoms with van der Waals surface area (Å²) >= 11 is 0. The van der Waals surface area contributed by atoms with E-state index in [0.29, 0.717) is 12.8 Å². The second-order valence-corrected chi connectivity index (χ2v) is 5.96. The van der Waals surface area contributed by atoms with Gasteiger partial charge in [0.15, 0.2) is 9.84 Å². The van der Waals surface area contributed by atoms with E-state index in [2.05, 4.69) is 0 Å². The van der Waals surface area contributed by atoms with Crippen molar-refractivity contribution in [3.63, 3.8) is 0 Å². The molecule has 0 heterocycles. The molecule has 0 atom stereocenters. The normalized spacial score (nSPS) is 21.1. The van der Waals surface area contributed by atoms with Crippen LogP contribution in [-0.2, 0) is 9.84 Å². The Balaban J connectivity index is 2.64. The minimum absolute atomic E-state index is 0.387. The molecule has 2 nitrogen and oxygen atoms in total. The quantitative estimate of drug-likeness (QED) is 0.729. The van der Waals surface area contributed by atoms with E-state index in [0.717, 1.165) is 19.3 Å². The maximum absolute atomic E-state index is 11.9. The first-order valence-electron chi connectivity index (χ1n) is 4.59. The zero-order valence-electron chi connectivity index (χ0n) is 7.68. The van der Waals surface area contributed by atoms with Crippen LogP contribution in [0.2, 0.25) is 0 Å². The zero-order valence-corrected chi connectivity index (χ0v) is 8.50. The Morgan fingerprint density at radius 1 is 1.07 bits per heavy atom. The average molecular weight is 230 g/mol. The lowest BCUT2D eigenvalue weighted by atomic mass is 10.0. The minimum Gasteiger partial charge on any atom is -0.228 e. The van der Waals surface area contributed by atoms with Crippen LogP contribution in [0.1, 0.15) is 32.1 Å². The molecule has 0 saturated heterocycles. The van der Waals surface area contributed by atoms with Gasteiger partial charge in [0.05, 0.1) is 5.25 Å². The monoisotopic (exact) mass is 230 g/mol. The van der Waals surface area contributed by atoms with Crippen LogP contribution in [0.4, 0.5) is 13.2 Å². The second-order valence-electron chi connectivity index (χ2n) is 3.68. The molecule has 1 fully saturated rings. The largest absolute Gasteiger partial charge is 0.402 e. The molecule has 1 aliphatic rings. The fourth-order valence-corrected chi connectivity index (χ4v) is 3.51. The molecule has 0 aromatic rings. The van der Waals surface area contributed by atoms with Crippen molar-refractivity contribution < 1.29 is 21.6 Å². The molecule has 0 radical (unpaired) electrons. The van der Waals surface area contributed by atoms with E-state index in [1.54, 1.807) is 0 Å². The van der Waals surface area contributed by atoms with Gasteiger partial charge in [-0.3, -0.25) is 0 Å². The predicted molar refractivity (Wildman–Crippen MR) is 46.7 cm³/mol. The summed E-state index contributed by atoms with van der Waals surface area (Å²) in [7, 11) is -3.97. The molecule has 0 aliphatic heterocycles. The van der Waals surface area contributed by atoms with E-state index < -0.39 is 27.0 Å². The first-order chi connectivity index (χ1) is 6.31. The van der Waals surface area contributed by atoms with Crippen LogP contribution < -0.4 is 0 Å². The van der Waals surface area contributed by atoms with E-state index >= 15 is 0 Å². The maximum Gasteiger partial charge on any atom is 0.402 e. The Labute approximate surface area is 81.4 Å². The topological polar surface area (TPSA) is 34.1 Å². The molecule has 0 aromatic heterocycles. The molecule has 0 unspecified atom stereocenters. The number of sulfone groups is 1. The minimum atomic E-state index is -4.60. The van der Waals surface area contributed by atoms with Crippen LogP contribution in [0.15, 0.2) is 0 Å². The molecule has 1 rings (SSSR count). The molecule has 0 aromatic carbocycles. The third-order valence-electron chi connectivity index (χ3n) is 2.42. The number of hydrogen-bond acceptors (Lipinski definition) is 2. The average Bonchev–Trinajstić information content (AvgIpc) is 2.01. The number of rotatable bonds is 2. The SMILES string of the molecule is O=S(=O)(CC(F)(F)F)C1CCCCC1. The van der Waals surface area contributed by atoms with Crippen LogP contribution >= 0.6 is 0 Å². The Morgan fingerprint density at radius 3 is 2.00 bits per heavy atom. The predicted octanol–water partition coefficient (Wildman–Crippen LogP) is 2.30. The van der Waals surface area contributed by atoms with Gasteiger partial charge in [-0.05, 0) is 12.8 Å². The third-order valence-corrected chi connectivity index (χ3v) is 4.64. The van der Waals surface area contributed by atoms with Crippen molar-refractivity contribution >= 4 is 9.84 Å². The van der Waals surface area contributed by atoms with Crippen molar-refractivity contribution in [3.05, 3.63) is 0 Å². The number of hydrogen-bond donors (Lipinski definition) is 0. The van der Waals surface area contributed by atoms with Gasteiger partial charge < -0.3 is 0 Å². The van der Waals surface area contributed by atoms with Gasteiger partial charge in [-0.25, -0.2) is 8.42 Å². The molecule has 0 bridgehead atoms. The highest BCUT2D eigenvalue weighted by atomic mass is 32.2. The zero-order chi connectivity index (χ0) is 10.8. The first kappa shape index (κ1) is 11.8. The molecule has 0 amide bonds. The Morgan fingerprint density at radius 2 is 1.57 bits per heavy atom. The highest BCUT2D eigenvalue weighted by Crippen LogP contribution is 2.28. The Hall–Kier alpha value is -0.260. The third kappa shape index (κ3) is 3.48. The molecular formula is C8H13F3O2S. The molecule has 6 heteroatoms. The fraction of sp³-hybridized carbons (Fsp3) is 1.00. The van der Waals surface area contributed by atoms with Gasteiger partial charge in [0.25, 0.3) is 0 Å². The Bertz CT molecular complexity index is 275. The molecule has 1 aliphatic carbocycles. The molecular weight excluding hydrogens is 217 g/mol. The van der Waals surface area contributed by atoms with Crippen LogP contribution in [0.5, 0.6) is 0 Å². The molecule has 0 N–H and O–H groups in total. The molecule has 14 heavy (non-hydrogen) atoms. The van der Waals surface area contributed by atoms with Gasteiger partial charge in [-0.2, -0.15) is 13.2 Å². The molecule has 1 saturated carbocycles. The lowest BCUT2D eigenvalue weighted by molar-refractivity contribution is -0.106. The summed E-state index contributed by atoms with van der Waals surface area (Å²) < 4.78 is 58.3. The van der Waals surface area contributed by atoms with Crippen LogP contribution in [-0.4, -0.2) is 25.6 Å². The summed E-state index contributed by atoms with van der Waals surface area (Å²) in [5.74, 6) is -1.66. The van der Waals surface area contributed by atoms with E-state index in [1.807, 2.05) is 0 Å². The first-order valence-corrected chi connectivity index (χ1v) is 6.31. The summed E-state index contributed by atoms with van der Waals surface area (Å²) in [6, 6.07) is 0. The standard InChI is InChI=1S/C8H13F3O2S/c9-8(10,11)6-14(12,13)7-4-2-1-3-5-7/h7H,1-6H2. The molecule has 84 valence electrons. The van der Waals surface area contributed by atoms with Crippen LogP contribution in [0, 0.1) is 0 Å². The summed E-state index contributed by atoms with van der Waals surface area (Å²) in [4.78, 5) is 0. The fourth-order valence-electron chi connectivity index (χ4n) is 1.77. The van der Waals surface area contributed by atoms with Crippen molar-refractivity contribution in [1.29, 1.82) is 0 Å². The van der Waals surface area contributed by atoms with Crippen molar-refractivity contribution in [2.75, 3.05) is 5.75 Å². The van der Waals surface area contributed by atoms with Gasteiger partial charge in [0.1, 0.15) is 5.75 Å². The van der Waals surface area contributed by atoms with Gasteiger partial charge in [-0.15, -0.1) is 0 Å². The van der Waals surface area contributed by atoms with Crippen LogP contribution in [0.25, 0.3) is 0 Å². The van der Waals surface area contributed by atoms with E-state index in [-0.39, 0.29) is 0 Å². The number of alkyl halides is 3. The molecule has 0 spiro atoms. The van der Waals surface area contributed by atoms with Gasteiger partial charge in [0.2, 0.25) is 0 Å². The smallest absolute Gasteiger partial charge is 0.228 e. The second kappa shape index (κ2) is 4.08. The van der Waals surface area contributed by atoms with E-state index in [4.69, 9.17) is 0 Å².